The molecule has 0 aromatic carbocycles. The van der Waals surface area contributed by atoms with Crippen LogP contribution in [0.3, 0.4) is 0 Å². The summed E-state index contributed by atoms with van der Waals surface area (Å²) in [6.07, 6.45) is 5.58. The van der Waals surface area contributed by atoms with Crippen LogP contribution in [0.2, 0.25) is 0 Å². The normalized spacial score (nSPS) is 23.5. The lowest BCUT2D eigenvalue weighted by atomic mass is 10.1. The van der Waals surface area contributed by atoms with Gasteiger partial charge in [-0.25, -0.2) is 4.98 Å². The SMILES string of the molecule is COC(=O)Cc1csc(N2CCC(N3CCCCC3)C2)n1. The highest BCUT2D eigenvalue weighted by atomic mass is 32.1. The molecule has 2 aliphatic rings. The first-order valence-corrected chi connectivity index (χ1v) is 8.64. The molecule has 1 aromatic rings. The van der Waals surface area contributed by atoms with Crippen molar-refractivity contribution >= 4 is 22.4 Å². The number of aromatic nitrogens is 1. The lowest BCUT2D eigenvalue weighted by Crippen LogP contribution is -2.40. The second-order valence-corrected chi connectivity index (χ2v) is 6.70. The van der Waals surface area contributed by atoms with Gasteiger partial charge in [0.1, 0.15) is 0 Å². The van der Waals surface area contributed by atoms with E-state index in [1.807, 2.05) is 5.38 Å². The van der Waals surface area contributed by atoms with E-state index in [9.17, 15) is 4.79 Å². The standard InChI is InChI=1S/C15H23N3O2S/c1-20-14(19)9-12-11-21-15(16-12)18-8-5-13(10-18)17-6-3-2-4-7-17/h11,13H,2-10H2,1H3. The molecule has 5 nitrogen and oxygen atoms in total. The summed E-state index contributed by atoms with van der Waals surface area (Å²) in [6.45, 7) is 4.66. The Labute approximate surface area is 129 Å². The smallest absolute Gasteiger partial charge is 0.311 e. The fraction of sp³-hybridized carbons (Fsp3) is 0.733. The maximum absolute atomic E-state index is 11.3. The Morgan fingerprint density at radius 2 is 2.19 bits per heavy atom. The molecule has 2 saturated heterocycles. The Bertz CT molecular complexity index is 485. The fourth-order valence-electron chi connectivity index (χ4n) is 3.24. The largest absolute Gasteiger partial charge is 0.469 e. The summed E-state index contributed by atoms with van der Waals surface area (Å²) in [6, 6.07) is 0.679. The maximum atomic E-state index is 11.3. The second-order valence-electron chi connectivity index (χ2n) is 5.86. The van der Waals surface area contributed by atoms with Crippen molar-refractivity contribution in [3.8, 4) is 0 Å². The Morgan fingerprint density at radius 3 is 2.95 bits per heavy atom. The molecule has 2 aliphatic heterocycles. The van der Waals surface area contributed by atoms with Crippen LogP contribution in [0.25, 0.3) is 0 Å². The summed E-state index contributed by atoms with van der Waals surface area (Å²) in [5.74, 6) is -0.223. The van der Waals surface area contributed by atoms with Crippen LogP contribution < -0.4 is 4.90 Å². The monoisotopic (exact) mass is 309 g/mol. The van der Waals surface area contributed by atoms with Crippen LogP contribution in [0.15, 0.2) is 5.38 Å². The van der Waals surface area contributed by atoms with Gasteiger partial charge in [0.05, 0.1) is 19.2 Å². The summed E-state index contributed by atoms with van der Waals surface area (Å²) in [5.41, 5.74) is 0.822. The van der Waals surface area contributed by atoms with Crippen LogP contribution in [-0.2, 0) is 16.0 Å². The van der Waals surface area contributed by atoms with E-state index in [0.29, 0.717) is 6.04 Å². The van der Waals surface area contributed by atoms with Crippen molar-refractivity contribution < 1.29 is 9.53 Å². The number of methoxy groups -OCH3 is 1. The fourth-order valence-corrected chi connectivity index (χ4v) is 4.10. The van der Waals surface area contributed by atoms with Crippen LogP contribution in [0.4, 0.5) is 5.13 Å². The summed E-state index contributed by atoms with van der Waals surface area (Å²) in [5, 5.41) is 3.02. The zero-order valence-electron chi connectivity index (χ0n) is 12.6. The van der Waals surface area contributed by atoms with Gasteiger partial charge in [-0.2, -0.15) is 0 Å². The number of carbonyl (C=O) groups excluding carboxylic acids is 1. The average molecular weight is 309 g/mol. The van der Waals surface area contributed by atoms with E-state index in [0.717, 1.165) is 23.9 Å². The van der Waals surface area contributed by atoms with Gasteiger partial charge in [-0.05, 0) is 32.4 Å². The molecule has 1 unspecified atom stereocenters. The highest BCUT2D eigenvalue weighted by Gasteiger charge is 2.29. The molecule has 0 radical (unpaired) electrons. The minimum atomic E-state index is -0.223. The number of likely N-dealkylation sites (tertiary alicyclic amines) is 1. The Balaban J connectivity index is 1.57. The number of hydrogen-bond donors (Lipinski definition) is 0. The number of ether oxygens (including phenoxy) is 1. The predicted octanol–water partition coefficient (Wildman–Crippen LogP) is 1.92. The van der Waals surface area contributed by atoms with Gasteiger partial charge in [-0.15, -0.1) is 11.3 Å². The topological polar surface area (TPSA) is 45.7 Å². The zero-order chi connectivity index (χ0) is 14.7. The van der Waals surface area contributed by atoms with Crippen LogP contribution in [0.5, 0.6) is 0 Å². The lowest BCUT2D eigenvalue weighted by molar-refractivity contribution is -0.139. The molecule has 21 heavy (non-hydrogen) atoms. The van der Waals surface area contributed by atoms with Gasteiger partial charge < -0.3 is 9.64 Å². The zero-order valence-corrected chi connectivity index (χ0v) is 13.4. The van der Waals surface area contributed by atoms with Gasteiger partial charge in [0, 0.05) is 24.5 Å². The Morgan fingerprint density at radius 1 is 1.38 bits per heavy atom. The summed E-state index contributed by atoms with van der Waals surface area (Å²) in [4.78, 5) is 20.9. The quantitative estimate of drug-likeness (QED) is 0.795. The van der Waals surface area contributed by atoms with Crippen LogP contribution in [0, 0.1) is 0 Å². The molecule has 1 aromatic heterocycles. The van der Waals surface area contributed by atoms with E-state index < -0.39 is 0 Å². The molecular weight excluding hydrogens is 286 g/mol. The number of esters is 1. The number of nitrogens with zero attached hydrogens (tertiary/aromatic N) is 3. The number of rotatable bonds is 4. The van der Waals surface area contributed by atoms with Crippen molar-refractivity contribution in [3.63, 3.8) is 0 Å². The van der Waals surface area contributed by atoms with Crippen molar-refractivity contribution in [2.45, 2.75) is 38.1 Å². The van der Waals surface area contributed by atoms with Crippen LogP contribution in [-0.4, -0.2) is 55.2 Å². The number of anilines is 1. The molecule has 0 N–H and O–H groups in total. The first-order valence-electron chi connectivity index (χ1n) is 7.76. The molecule has 3 rings (SSSR count). The van der Waals surface area contributed by atoms with Gasteiger partial charge in [0.15, 0.2) is 5.13 Å². The molecular formula is C15H23N3O2S. The highest BCUT2D eigenvalue weighted by molar-refractivity contribution is 7.13. The maximum Gasteiger partial charge on any atom is 0.311 e. The average Bonchev–Trinajstić information content (AvgIpc) is 3.17. The Kier molecular flexibility index (Phi) is 4.75. The van der Waals surface area contributed by atoms with Gasteiger partial charge in [-0.3, -0.25) is 9.69 Å². The van der Waals surface area contributed by atoms with Crippen LogP contribution >= 0.6 is 11.3 Å². The van der Waals surface area contributed by atoms with Gasteiger partial charge >= 0.3 is 5.97 Å². The molecule has 3 heterocycles. The minimum Gasteiger partial charge on any atom is -0.469 e. The van der Waals surface area contributed by atoms with E-state index >= 15 is 0 Å². The highest BCUT2D eigenvalue weighted by Crippen LogP contribution is 2.27. The first kappa shape index (κ1) is 14.8. The molecule has 0 spiro atoms. The number of piperidine rings is 1. The molecule has 0 amide bonds. The van der Waals surface area contributed by atoms with Gasteiger partial charge in [-0.1, -0.05) is 6.42 Å². The van der Waals surface area contributed by atoms with Crippen molar-refractivity contribution in [1.82, 2.24) is 9.88 Å². The second kappa shape index (κ2) is 6.75. The third kappa shape index (κ3) is 3.55. The van der Waals surface area contributed by atoms with E-state index in [1.165, 1.54) is 45.9 Å². The lowest BCUT2D eigenvalue weighted by Gasteiger charge is -2.32. The molecule has 0 aliphatic carbocycles. The molecule has 1 atom stereocenters. The van der Waals surface area contributed by atoms with Crippen molar-refractivity contribution in [2.75, 3.05) is 38.2 Å². The third-order valence-corrected chi connectivity index (χ3v) is 5.38. The number of hydrogen-bond acceptors (Lipinski definition) is 6. The summed E-state index contributed by atoms with van der Waals surface area (Å²) >= 11 is 1.64. The van der Waals surface area contributed by atoms with E-state index in [2.05, 4.69) is 14.8 Å². The molecule has 0 bridgehead atoms. The Hall–Kier alpha value is -1.14. The number of carbonyl (C=O) groups is 1. The van der Waals surface area contributed by atoms with E-state index in [1.54, 1.807) is 11.3 Å². The molecule has 2 fully saturated rings. The van der Waals surface area contributed by atoms with Crippen molar-refractivity contribution in [1.29, 1.82) is 0 Å². The van der Waals surface area contributed by atoms with Crippen molar-refractivity contribution in [2.24, 2.45) is 0 Å². The minimum absolute atomic E-state index is 0.223. The summed E-state index contributed by atoms with van der Waals surface area (Å²) < 4.78 is 4.69. The van der Waals surface area contributed by atoms with E-state index in [-0.39, 0.29) is 12.4 Å². The first-order chi connectivity index (χ1) is 10.3. The molecule has 0 saturated carbocycles. The third-order valence-electron chi connectivity index (χ3n) is 4.43. The van der Waals surface area contributed by atoms with Gasteiger partial charge in [0.2, 0.25) is 0 Å². The van der Waals surface area contributed by atoms with Gasteiger partial charge in [0.25, 0.3) is 0 Å². The van der Waals surface area contributed by atoms with E-state index in [4.69, 9.17) is 4.74 Å². The summed E-state index contributed by atoms with van der Waals surface area (Å²) in [7, 11) is 1.42. The van der Waals surface area contributed by atoms with Crippen LogP contribution in [0.1, 0.15) is 31.4 Å². The van der Waals surface area contributed by atoms with Crippen molar-refractivity contribution in [3.05, 3.63) is 11.1 Å². The predicted molar refractivity (Wildman–Crippen MR) is 83.9 cm³/mol. The molecule has 116 valence electrons. The molecule has 6 heteroatoms. The number of thiazole rings is 1.